The van der Waals surface area contributed by atoms with Gasteiger partial charge in [0.1, 0.15) is 10.8 Å². The fraction of sp³-hybridized carbons (Fsp3) is 0.467. The number of ether oxygens (including phenoxy) is 2. The second-order valence-corrected chi connectivity index (χ2v) is 6.14. The van der Waals surface area contributed by atoms with Crippen molar-refractivity contribution in [3.8, 4) is 11.5 Å². The van der Waals surface area contributed by atoms with Gasteiger partial charge >= 0.3 is 6.18 Å². The number of benzene rings is 1. The average molecular weight is 408 g/mol. The van der Waals surface area contributed by atoms with Crippen molar-refractivity contribution < 1.29 is 27.8 Å². The van der Waals surface area contributed by atoms with Crippen LogP contribution in [-0.4, -0.2) is 30.6 Å². The number of hydrogen-bond donors (Lipinski definition) is 1. The molecular formula is C15H16Cl3F3O3. The van der Waals surface area contributed by atoms with E-state index in [1.54, 1.807) is 6.92 Å². The first kappa shape index (κ1) is 21.2. The van der Waals surface area contributed by atoms with Gasteiger partial charge in [0.05, 0.1) is 29.4 Å². The summed E-state index contributed by atoms with van der Waals surface area (Å²) in [5.41, 5.74) is 0. The maximum absolute atomic E-state index is 12.2. The molecule has 24 heavy (non-hydrogen) atoms. The molecule has 0 amide bonds. The molecule has 0 bridgehead atoms. The highest BCUT2D eigenvalue weighted by Gasteiger charge is 2.31. The molecule has 3 nitrogen and oxygen atoms in total. The summed E-state index contributed by atoms with van der Waals surface area (Å²) in [7, 11) is 0. The van der Waals surface area contributed by atoms with Crippen LogP contribution >= 0.6 is 34.8 Å². The van der Waals surface area contributed by atoms with E-state index >= 15 is 0 Å². The zero-order valence-corrected chi connectivity index (χ0v) is 14.9. The lowest BCUT2D eigenvalue weighted by atomic mass is 10.2. The van der Waals surface area contributed by atoms with E-state index in [1.165, 1.54) is 12.1 Å². The third-order valence-corrected chi connectivity index (χ3v) is 3.83. The fourth-order valence-electron chi connectivity index (χ4n) is 1.71. The van der Waals surface area contributed by atoms with Crippen LogP contribution in [0.3, 0.4) is 0 Å². The highest BCUT2D eigenvalue weighted by molar-refractivity contribution is 6.37. The van der Waals surface area contributed by atoms with Crippen molar-refractivity contribution in [2.24, 2.45) is 0 Å². The van der Waals surface area contributed by atoms with E-state index < -0.39 is 11.2 Å². The topological polar surface area (TPSA) is 38.7 Å². The van der Waals surface area contributed by atoms with Crippen LogP contribution in [0.5, 0.6) is 11.5 Å². The first-order chi connectivity index (χ1) is 11.1. The molecule has 136 valence electrons. The molecule has 0 heterocycles. The molecular weight excluding hydrogens is 392 g/mol. The summed E-state index contributed by atoms with van der Waals surface area (Å²) in [6.07, 6.45) is -2.90. The molecule has 0 radical (unpaired) electrons. The van der Waals surface area contributed by atoms with Crippen LogP contribution in [0.4, 0.5) is 13.2 Å². The van der Waals surface area contributed by atoms with Crippen molar-refractivity contribution in [1.82, 2.24) is 0 Å². The van der Waals surface area contributed by atoms with Gasteiger partial charge in [0, 0.05) is 12.1 Å². The van der Waals surface area contributed by atoms with Crippen molar-refractivity contribution in [2.45, 2.75) is 32.0 Å². The van der Waals surface area contributed by atoms with Gasteiger partial charge in [-0.1, -0.05) is 34.8 Å². The predicted molar refractivity (Wildman–Crippen MR) is 88.3 cm³/mol. The van der Waals surface area contributed by atoms with Crippen LogP contribution in [0.2, 0.25) is 10.0 Å². The van der Waals surface area contributed by atoms with Crippen LogP contribution < -0.4 is 4.74 Å². The number of alkyl halides is 3. The SMILES string of the molecule is CC(CCCOc1c(Cl)cc(O)cc1Cl)OC/C=C(\Cl)C(F)(F)F. The number of rotatable bonds is 8. The Morgan fingerprint density at radius 1 is 1.29 bits per heavy atom. The minimum Gasteiger partial charge on any atom is -0.508 e. The van der Waals surface area contributed by atoms with Gasteiger partial charge in [-0.3, -0.25) is 0 Å². The summed E-state index contributed by atoms with van der Waals surface area (Å²) in [5, 5.41) is 8.49. The normalized spacial score (nSPS) is 13.9. The van der Waals surface area contributed by atoms with Gasteiger partial charge in [0.2, 0.25) is 0 Å². The fourth-order valence-corrected chi connectivity index (χ4v) is 2.36. The lowest BCUT2D eigenvalue weighted by Crippen LogP contribution is -2.12. The van der Waals surface area contributed by atoms with Gasteiger partial charge in [0.15, 0.2) is 5.75 Å². The van der Waals surface area contributed by atoms with Crippen LogP contribution in [0.25, 0.3) is 0 Å². The third-order valence-electron chi connectivity index (χ3n) is 2.90. The zero-order valence-electron chi connectivity index (χ0n) is 12.7. The van der Waals surface area contributed by atoms with Crippen LogP contribution in [0.1, 0.15) is 19.8 Å². The van der Waals surface area contributed by atoms with E-state index in [0.29, 0.717) is 12.8 Å². The minimum atomic E-state index is -4.55. The van der Waals surface area contributed by atoms with Crippen LogP contribution in [0.15, 0.2) is 23.2 Å². The van der Waals surface area contributed by atoms with E-state index in [2.05, 4.69) is 0 Å². The first-order valence-corrected chi connectivity index (χ1v) is 8.10. The largest absolute Gasteiger partial charge is 0.508 e. The Morgan fingerprint density at radius 3 is 2.42 bits per heavy atom. The number of aromatic hydroxyl groups is 1. The van der Waals surface area contributed by atoms with E-state index in [4.69, 9.17) is 44.3 Å². The molecule has 1 N–H and O–H groups in total. The van der Waals surface area contributed by atoms with Crippen molar-refractivity contribution in [3.63, 3.8) is 0 Å². The number of hydrogen-bond acceptors (Lipinski definition) is 3. The summed E-state index contributed by atoms with van der Waals surface area (Å²) in [4.78, 5) is 0. The van der Waals surface area contributed by atoms with E-state index in [1.807, 2.05) is 0 Å². The standard InChI is InChI=1S/C15H16Cl3F3O3/c1-9(23-6-4-13(18)15(19,20)21)3-2-5-24-14-11(16)7-10(22)8-12(14)17/h4,7-9,22H,2-3,5-6H2,1H3/b13-4-. The zero-order chi connectivity index (χ0) is 18.3. The van der Waals surface area contributed by atoms with Crippen LogP contribution in [-0.2, 0) is 4.74 Å². The highest BCUT2D eigenvalue weighted by atomic mass is 35.5. The predicted octanol–water partition coefficient (Wildman–Crippen LogP) is 5.95. The van der Waals surface area contributed by atoms with Gasteiger partial charge in [-0.2, -0.15) is 13.2 Å². The average Bonchev–Trinajstić information content (AvgIpc) is 2.44. The maximum Gasteiger partial charge on any atom is 0.426 e. The number of phenolic OH excluding ortho intramolecular Hbond substituents is 1. The van der Waals surface area contributed by atoms with Gasteiger partial charge < -0.3 is 14.6 Å². The summed E-state index contributed by atoms with van der Waals surface area (Å²) >= 11 is 16.9. The molecule has 0 spiro atoms. The van der Waals surface area contributed by atoms with E-state index in [0.717, 1.165) is 6.08 Å². The van der Waals surface area contributed by atoms with Gasteiger partial charge in [0.25, 0.3) is 0 Å². The van der Waals surface area contributed by atoms with Crippen LogP contribution in [0, 0.1) is 0 Å². The molecule has 0 aliphatic heterocycles. The first-order valence-electron chi connectivity index (χ1n) is 6.96. The Hall–Kier alpha value is -0.820. The molecule has 0 saturated heterocycles. The molecule has 9 heteroatoms. The smallest absolute Gasteiger partial charge is 0.426 e. The quantitative estimate of drug-likeness (QED) is 0.541. The van der Waals surface area contributed by atoms with E-state index in [9.17, 15) is 18.3 Å². The Morgan fingerprint density at radius 2 is 1.88 bits per heavy atom. The second-order valence-electron chi connectivity index (χ2n) is 4.92. The highest BCUT2D eigenvalue weighted by Crippen LogP contribution is 2.36. The summed E-state index contributed by atoms with van der Waals surface area (Å²) in [6, 6.07) is 2.62. The Bertz CT molecular complexity index is 554. The number of phenols is 1. The molecule has 1 aromatic carbocycles. The number of allylic oxidation sites excluding steroid dienone is 1. The van der Waals surface area contributed by atoms with E-state index in [-0.39, 0.29) is 40.9 Å². The number of halogens is 6. The van der Waals surface area contributed by atoms with Crippen molar-refractivity contribution in [2.75, 3.05) is 13.2 Å². The Kier molecular flexibility index (Phi) is 8.50. The lowest BCUT2D eigenvalue weighted by molar-refractivity contribution is -0.0852. The molecule has 1 atom stereocenters. The van der Waals surface area contributed by atoms with Crippen molar-refractivity contribution in [3.05, 3.63) is 33.3 Å². The molecule has 0 aliphatic rings. The lowest BCUT2D eigenvalue weighted by Gasteiger charge is -2.14. The minimum absolute atomic E-state index is 0.0649. The van der Waals surface area contributed by atoms with Gasteiger partial charge in [-0.15, -0.1) is 0 Å². The Labute approximate surface area is 152 Å². The summed E-state index contributed by atoms with van der Waals surface area (Å²) in [6.45, 7) is 1.79. The molecule has 0 aliphatic carbocycles. The molecule has 0 aromatic heterocycles. The van der Waals surface area contributed by atoms with Gasteiger partial charge in [-0.25, -0.2) is 0 Å². The second kappa shape index (κ2) is 9.61. The molecule has 1 aromatic rings. The van der Waals surface area contributed by atoms with Gasteiger partial charge in [-0.05, 0) is 25.8 Å². The molecule has 0 fully saturated rings. The maximum atomic E-state index is 12.2. The van der Waals surface area contributed by atoms with Crippen molar-refractivity contribution in [1.29, 1.82) is 0 Å². The summed E-state index contributed by atoms with van der Waals surface area (Å²) in [5.74, 6) is 0.203. The Balaban J connectivity index is 2.31. The summed E-state index contributed by atoms with van der Waals surface area (Å²) < 4.78 is 47.2. The molecule has 1 unspecified atom stereocenters. The third kappa shape index (κ3) is 7.38. The molecule has 0 saturated carbocycles. The van der Waals surface area contributed by atoms with Crippen molar-refractivity contribution >= 4 is 34.8 Å². The monoisotopic (exact) mass is 406 g/mol. The molecule has 1 rings (SSSR count).